The van der Waals surface area contributed by atoms with Crippen molar-refractivity contribution < 1.29 is 9.59 Å². The summed E-state index contributed by atoms with van der Waals surface area (Å²) < 4.78 is 0. The van der Waals surface area contributed by atoms with Gasteiger partial charge in [-0.3, -0.25) is 9.59 Å². The first-order valence-corrected chi connectivity index (χ1v) is 5.37. The topological polar surface area (TPSA) is 70.0 Å². The van der Waals surface area contributed by atoms with Crippen LogP contribution in [0.25, 0.3) is 0 Å². The SMILES string of the molecule is CC(=O)C(C#N)C(=O)Nc1ccc(Cl)c(Cl)c1. The van der Waals surface area contributed by atoms with Gasteiger partial charge in [0.15, 0.2) is 11.7 Å². The number of ketones is 1. The molecule has 0 aromatic heterocycles. The molecular weight excluding hydrogens is 263 g/mol. The normalized spacial score (nSPS) is 11.4. The number of hydrogen-bond acceptors (Lipinski definition) is 3. The summed E-state index contributed by atoms with van der Waals surface area (Å²) >= 11 is 11.5. The minimum Gasteiger partial charge on any atom is -0.325 e. The summed E-state index contributed by atoms with van der Waals surface area (Å²) in [7, 11) is 0. The van der Waals surface area contributed by atoms with Crippen molar-refractivity contribution in [2.45, 2.75) is 6.92 Å². The van der Waals surface area contributed by atoms with E-state index in [-0.39, 0.29) is 5.02 Å². The third-order valence-electron chi connectivity index (χ3n) is 1.98. The van der Waals surface area contributed by atoms with E-state index in [1.807, 2.05) is 0 Å². The van der Waals surface area contributed by atoms with E-state index in [9.17, 15) is 9.59 Å². The summed E-state index contributed by atoms with van der Waals surface area (Å²) in [6, 6.07) is 6.10. The molecule has 6 heteroatoms. The quantitative estimate of drug-likeness (QED) is 0.859. The van der Waals surface area contributed by atoms with E-state index >= 15 is 0 Å². The van der Waals surface area contributed by atoms with Crippen molar-refractivity contribution in [2.75, 3.05) is 5.32 Å². The molecule has 0 aliphatic rings. The Kier molecular flexibility index (Phi) is 4.50. The molecule has 1 N–H and O–H groups in total. The van der Waals surface area contributed by atoms with E-state index in [1.54, 1.807) is 6.07 Å². The molecule has 0 aliphatic heterocycles. The Bertz CT molecular complexity index is 509. The standard InChI is InChI=1S/C11H8Cl2N2O2/c1-6(16)8(5-14)11(17)15-7-2-3-9(12)10(13)4-7/h2-4,8H,1H3,(H,15,17). The Hall–Kier alpha value is -1.57. The van der Waals surface area contributed by atoms with Gasteiger partial charge in [0.1, 0.15) is 0 Å². The lowest BCUT2D eigenvalue weighted by atomic mass is 10.1. The predicted molar refractivity (Wildman–Crippen MR) is 64.9 cm³/mol. The molecule has 88 valence electrons. The Morgan fingerprint density at radius 3 is 2.47 bits per heavy atom. The number of Topliss-reactive ketones (excluding diaryl/α,β-unsaturated/α-hetero) is 1. The second kappa shape index (κ2) is 5.67. The molecule has 1 aromatic rings. The molecule has 0 saturated heterocycles. The van der Waals surface area contributed by atoms with E-state index in [2.05, 4.69) is 5.32 Å². The van der Waals surface area contributed by atoms with Gasteiger partial charge in [0.2, 0.25) is 5.91 Å². The van der Waals surface area contributed by atoms with Crippen LogP contribution in [0, 0.1) is 17.2 Å². The Morgan fingerprint density at radius 1 is 1.35 bits per heavy atom. The van der Waals surface area contributed by atoms with Crippen LogP contribution in [-0.2, 0) is 9.59 Å². The number of benzene rings is 1. The zero-order chi connectivity index (χ0) is 13.0. The van der Waals surface area contributed by atoms with Crippen LogP contribution in [-0.4, -0.2) is 11.7 Å². The first-order valence-electron chi connectivity index (χ1n) is 4.61. The third kappa shape index (κ3) is 3.45. The van der Waals surface area contributed by atoms with E-state index < -0.39 is 17.6 Å². The van der Waals surface area contributed by atoms with E-state index in [1.165, 1.54) is 25.1 Å². The summed E-state index contributed by atoms with van der Waals surface area (Å²) in [6.45, 7) is 1.18. The van der Waals surface area contributed by atoms with Crippen LogP contribution in [0.5, 0.6) is 0 Å². The highest BCUT2D eigenvalue weighted by Gasteiger charge is 2.22. The van der Waals surface area contributed by atoms with Gasteiger partial charge in [0, 0.05) is 5.69 Å². The van der Waals surface area contributed by atoms with Crippen molar-refractivity contribution >= 4 is 40.6 Å². The van der Waals surface area contributed by atoms with Crippen molar-refractivity contribution in [3.8, 4) is 6.07 Å². The average Bonchev–Trinajstić information content (AvgIpc) is 2.24. The number of halogens is 2. The molecule has 0 radical (unpaired) electrons. The summed E-state index contributed by atoms with van der Waals surface area (Å²) in [5.41, 5.74) is 0.380. The highest BCUT2D eigenvalue weighted by molar-refractivity contribution is 6.42. The van der Waals surface area contributed by atoms with Gasteiger partial charge in [-0.1, -0.05) is 23.2 Å². The van der Waals surface area contributed by atoms with Crippen LogP contribution >= 0.6 is 23.2 Å². The van der Waals surface area contributed by atoms with Crippen LogP contribution < -0.4 is 5.32 Å². The van der Waals surface area contributed by atoms with Crippen LogP contribution in [0.4, 0.5) is 5.69 Å². The molecule has 4 nitrogen and oxygen atoms in total. The van der Waals surface area contributed by atoms with Crippen LogP contribution in [0.1, 0.15) is 6.92 Å². The summed E-state index contributed by atoms with van der Waals surface area (Å²) in [6.07, 6.45) is 0. The molecule has 1 rings (SSSR count). The molecule has 0 aliphatic carbocycles. The van der Waals surface area contributed by atoms with Crippen LogP contribution in [0.2, 0.25) is 10.0 Å². The second-order valence-electron chi connectivity index (χ2n) is 3.29. The number of nitrogens with zero attached hydrogens (tertiary/aromatic N) is 1. The van der Waals surface area contributed by atoms with Crippen LogP contribution in [0.15, 0.2) is 18.2 Å². The van der Waals surface area contributed by atoms with Gasteiger partial charge in [-0.2, -0.15) is 5.26 Å². The van der Waals surface area contributed by atoms with Gasteiger partial charge in [-0.25, -0.2) is 0 Å². The molecule has 1 atom stereocenters. The molecule has 1 aromatic carbocycles. The molecule has 0 fully saturated rings. The van der Waals surface area contributed by atoms with Crippen molar-refractivity contribution in [3.05, 3.63) is 28.2 Å². The maximum Gasteiger partial charge on any atom is 0.249 e. The number of rotatable bonds is 3. The number of nitriles is 1. The first kappa shape index (κ1) is 13.5. The lowest BCUT2D eigenvalue weighted by Crippen LogP contribution is -2.26. The second-order valence-corrected chi connectivity index (χ2v) is 4.11. The fourth-order valence-corrected chi connectivity index (χ4v) is 1.42. The highest BCUT2D eigenvalue weighted by atomic mass is 35.5. The molecule has 1 amide bonds. The van der Waals surface area contributed by atoms with E-state index in [4.69, 9.17) is 28.5 Å². The zero-order valence-electron chi connectivity index (χ0n) is 8.83. The number of nitrogens with one attached hydrogen (secondary N) is 1. The van der Waals surface area contributed by atoms with Crippen molar-refractivity contribution in [2.24, 2.45) is 5.92 Å². The molecular formula is C11H8Cl2N2O2. The number of anilines is 1. The van der Waals surface area contributed by atoms with Gasteiger partial charge in [0.05, 0.1) is 16.1 Å². The first-order chi connectivity index (χ1) is 7.95. The van der Waals surface area contributed by atoms with E-state index in [0.29, 0.717) is 10.7 Å². The van der Waals surface area contributed by atoms with Crippen molar-refractivity contribution in [3.63, 3.8) is 0 Å². The molecule has 1 unspecified atom stereocenters. The number of carbonyl (C=O) groups is 2. The molecule has 0 bridgehead atoms. The number of amides is 1. The van der Waals surface area contributed by atoms with Crippen molar-refractivity contribution in [1.29, 1.82) is 5.26 Å². The summed E-state index contributed by atoms with van der Waals surface area (Å²) in [5.74, 6) is -2.51. The molecule has 17 heavy (non-hydrogen) atoms. The Labute approximate surface area is 108 Å². The van der Waals surface area contributed by atoms with Gasteiger partial charge < -0.3 is 5.32 Å². The minimum absolute atomic E-state index is 0.279. The largest absolute Gasteiger partial charge is 0.325 e. The molecule has 0 saturated carbocycles. The van der Waals surface area contributed by atoms with Gasteiger partial charge in [-0.15, -0.1) is 0 Å². The maximum atomic E-state index is 11.6. The summed E-state index contributed by atoms with van der Waals surface area (Å²) in [5, 5.41) is 11.7. The van der Waals surface area contributed by atoms with Crippen molar-refractivity contribution in [1.82, 2.24) is 0 Å². The van der Waals surface area contributed by atoms with E-state index in [0.717, 1.165) is 0 Å². The zero-order valence-corrected chi connectivity index (χ0v) is 10.3. The molecule has 0 spiro atoms. The smallest absolute Gasteiger partial charge is 0.249 e. The molecule has 0 heterocycles. The Morgan fingerprint density at radius 2 is 2.00 bits per heavy atom. The minimum atomic E-state index is -1.32. The predicted octanol–water partition coefficient (Wildman–Crippen LogP) is 2.66. The third-order valence-corrected chi connectivity index (χ3v) is 2.72. The van der Waals surface area contributed by atoms with Gasteiger partial charge in [-0.05, 0) is 25.1 Å². The monoisotopic (exact) mass is 270 g/mol. The van der Waals surface area contributed by atoms with Gasteiger partial charge in [0.25, 0.3) is 0 Å². The lowest BCUT2D eigenvalue weighted by Gasteiger charge is -2.08. The van der Waals surface area contributed by atoms with Crippen LogP contribution in [0.3, 0.4) is 0 Å². The highest BCUT2D eigenvalue weighted by Crippen LogP contribution is 2.25. The average molecular weight is 271 g/mol. The maximum absolute atomic E-state index is 11.6. The number of carbonyl (C=O) groups excluding carboxylic acids is 2. The fourth-order valence-electron chi connectivity index (χ4n) is 1.12. The van der Waals surface area contributed by atoms with Gasteiger partial charge >= 0.3 is 0 Å². The Balaban J connectivity index is 2.85. The summed E-state index contributed by atoms with van der Waals surface area (Å²) in [4.78, 5) is 22.5. The fraction of sp³-hybridized carbons (Fsp3) is 0.182. The number of hydrogen-bond donors (Lipinski definition) is 1. The lowest BCUT2D eigenvalue weighted by molar-refractivity contribution is -0.127.